The molecule has 118 valence electrons. The molecule has 4 rings (SSSR count). The summed E-state index contributed by atoms with van der Waals surface area (Å²) < 4.78 is 20.6. The van der Waals surface area contributed by atoms with Gasteiger partial charge in [-0.2, -0.15) is 4.98 Å². The maximum Gasteiger partial charge on any atom is 0.240 e. The van der Waals surface area contributed by atoms with Gasteiger partial charge in [0.2, 0.25) is 5.88 Å². The minimum absolute atomic E-state index is 0.204. The minimum Gasteiger partial charge on any atom is -0.434 e. The zero-order chi connectivity index (χ0) is 15.6. The van der Waals surface area contributed by atoms with Crippen LogP contribution in [0.3, 0.4) is 0 Å². The molecule has 0 unspecified atom stereocenters. The summed E-state index contributed by atoms with van der Waals surface area (Å²) in [6.07, 6.45) is 5.97. The zero-order valence-electron chi connectivity index (χ0n) is 12.7. The summed E-state index contributed by atoms with van der Waals surface area (Å²) in [5.74, 6) is 1.51. The van der Waals surface area contributed by atoms with Crippen LogP contribution in [0.1, 0.15) is 43.8 Å². The largest absolute Gasteiger partial charge is 0.434 e. The molecule has 2 aromatic heterocycles. The van der Waals surface area contributed by atoms with E-state index in [1.807, 2.05) is 11.4 Å². The highest BCUT2D eigenvalue weighted by molar-refractivity contribution is 7.17. The Morgan fingerprint density at radius 1 is 1.04 bits per heavy atom. The van der Waals surface area contributed by atoms with Gasteiger partial charge in [0.25, 0.3) is 0 Å². The third-order valence-electron chi connectivity index (χ3n) is 4.30. The van der Waals surface area contributed by atoms with E-state index in [2.05, 4.69) is 4.98 Å². The maximum atomic E-state index is 13.9. The molecule has 1 saturated carbocycles. The number of rotatable bonds is 3. The van der Waals surface area contributed by atoms with Crippen molar-refractivity contribution in [2.45, 2.75) is 38.0 Å². The number of halogens is 1. The smallest absolute Gasteiger partial charge is 0.240 e. The quantitative estimate of drug-likeness (QED) is 0.621. The van der Waals surface area contributed by atoms with Gasteiger partial charge in [-0.15, -0.1) is 11.3 Å². The Hall–Kier alpha value is -2.01. The molecule has 3 nitrogen and oxygen atoms in total. The predicted octanol–water partition coefficient (Wildman–Crippen LogP) is 5.67. The van der Waals surface area contributed by atoms with Crippen LogP contribution in [0, 0.1) is 5.82 Å². The van der Waals surface area contributed by atoms with E-state index < -0.39 is 0 Å². The number of hydrogen-bond acceptors (Lipinski definition) is 4. The van der Waals surface area contributed by atoms with Crippen LogP contribution in [0.4, 0.5) is 4.39 Å². The fourth-order valence-corrected chi connectivity index (χ4v) is 3.85. The Bertz CT molecular complexity index is 827. The molecule has 0 radical (unpaired) electrons. The molecule has 0 atom stereocenters. The molecular weight excluding hydrogens is 311 g/mol. The number of para-hydroxylation sites is 1. The first-order valence-electron chi connectivity index (χ1n) is 7.99. The second-order valence-corrected chi connectivity index (χ2v) is 6.81. The van der Waals surface area contributed by atoms with Crippen LogP contribution in [0.5, 0.6) is 11.6 Å². The van der Waals surface area contributed by atoms with Gasteiger partial charge < -0.3 is 4.74 Å². The summed E-state index contributed by atoms with van der Waals surface area (Å²) in [6.45, 7) is 0. The van der Waals surface area contributed by atoms with Crippen molar-refractivity contribution in [3.63, 3.8) is 0 Å². The summed E-state index contributed by atoms with van der Waals surface area (Å²) in [4.78, 5) is 9.35. The van der Waals surface area contributed by atoms with Crippen LogP contribution in [-0.4, -0.2) is 9.97 Å². The lowest BCUT2D eigenvalue weighted by Crippen LogP contribution is -2.09. The zero-order valence-corrected chi connectivity index (χ0v) is 13.5. The van der Waals surface area contributed by atoms with Crippen molar-refractivity contribution in [3.05, 3.63) is 47.4 Å². The average molecular weight is 328 g/mol. The molecule has 5 heteroatoms. The van der Waals surface area contributed by atoms with Crippen molar-refractivity contribution in [2.75, 3.05) is 0 Å². The number of benzene rings is 1. The number of hydrogen-bond donors (Lipinski definition) is 0. The first kappa shape index (κ1) is 14.6. The van der Waals surface area contributed by atoms with Gasteiger partial charge in [-0.25, -0.2) is 9.37 Å². The van der Waals surface area contributed by atoms with Gasteiger partial charge in [0, 0.05) is 5.92 Å². The van der Waals surface area contributed by atoms with Crippen molar-refractivity contribution < 1.29 is 9.13 Å². The third kappa shape index (κ3) is 2.93. The molecule has 0 saturated heterocycles. The van der Waals surface area contributed by atoms with E-state index >= 15 is 0 Å². The van der Waals surface area contributed by atoms with Gasteiger partial charge in [-0.1, -0.05) is 31.4 Å². The van der Waals surface area contributed by atoms with E-state index in [9.17, 15) is 4.39 Å². The Morgan fingerprint density at radius 3 is 2.70 bits per heavy atom. The van der Waals surface area contributed by atoms with Crippen molar-refractivity contribution in [3.8, 4) is 11.6 Å². The summed E-state index contributed by atoms with van der Waals surface area (Å²) in [5.41, 5.74) is 0.886. The summed E-state index contributed by atoms with van der Waals surface area (Å²) in [6, 6.07) is 8.40. The molecule has 0 aliphatic heterocycles. The Labute approximate surface area is 138 Å². The van der Waals surface area contributed by atoms with Crippen LogP contribution in [0.25, 0.3) is 10.2 Å². The molecule has 1 fully saturated rings. The monoisotopic (exact) mass is 328 g/mol. The van der Waals surface area contributed by atoms with Gasteiger partial charge in [-0.3, -0.25) is 0 Å². The highest BCUT2D eigenvalue weighted by atomic mass is 32.1. The van der Waals surface area contributed by atoms with Gasteiger partial charge in [0.05, 0.1) is 5.52 Å². The topological polar surface area (TPSA) is 35.0 Å². The van der Waals surface area contributed by atoms with Gasteiger partial charge in [0.1, 0.15) is 10.5 Å². The number of fused-ring (bicyclic) bond motifs is 1. The summed E-state index contributed by atoms with van der Waals surface area (Å²) in [7, 11) is 0. The lowest BCUT2D eigenvalue weighted by Gasteiger charge is -2.20. The fourth-order valence-electron chi connectivity index (χ4n) is 3.10. The van der Waals surface area contributed by atoms with E-state index in [-0.39, 0.29) is 11.6 Å². The molecule has 0 amide bonds. The predicted molar refractivity (Wildman–Crippen MR) is 89.7 cm³/mol. The van der Waals surface area contributed by atoms with Crippen molar-refractivity contribution in [1.82, 2.24) is 9.97 Å². The third-order valence-corrected chi connectivity index (χ3v) is 5.20. The highest BCUT2D eigenvalue weighted by Crippen LogP contribution is 2.36. The lowest BCUT2D eigenvalue weighted by molar-refractivity contribution is 0.408. The Morgan fingerprint density at radius 2 is 1.87 bits per heavy atom. The van der Waals surface area contributed by atoms with Crippen LogP contribution in [-0.2, 0) is 0 Å². The van der Waals surface area contributed by atoms with Gasteiger partial charge >= 0.3 is 0 Å². The summed E-state index contributed by atoms with van der Waals surface area (Å²) >= 11 is 1.52. The van der Waals surface area contributed by atoms with Gasteiger partial charge in [0.15, 0.2) is 11.6 Å². The van der Waals surface area contributed by atoms with Crippen LogP contribution >= 0.6 is 11.3 Å². The number of thiophene rings is 1. The van der Waals surface area contributed by atoms with E-state index in [0.29, 0.717) is 11.8 Å². The van der Waals surface area contributed by atoms with E-state index in [1.54, 1.807) is 18.2 Å². The summed E-state index contributed by atoms with van der Waals surface area (Å²) in [5, 5.41) is 1.97. The van der Waals surface area contributed by atoms with Crippen molar-refractivity contribution in [1.29, 1.82) is 0 Å². The number of ether oxygens (including phenoxy) is 1. The van der Waals surface area contributed by atoms with Crippen LogP contribution < -0.4 is 4.74 Å². The first-order valence-corrected chi connectivity index (χ1v) is 8.87. The highest BCUT2D eigenvalue weighted by Gasteiger charge is 2.21. The molecule has 2 heterocycles. The lowest BCUT2D eigenvalue weighted by atomic mass is 9.89. The average Bonchev–Trinajstić information content (AvgIpc) is 3.06. The molecule has 0 N–H and O–H groups in total. The molecule has 1 aliphatic carbocycles. The van der Waals surface area contributed by atoms with Crippen molar-refractivity contribution in [2.24, 2.45) is 0 Å². The minimum atomic E-state index is -0.380. The maximum absolute atomic E-state index is 13.9. The van der Waals surface area contributed by atoms with Crippen LogP contribution in [0.15, 0.2) is 35.7 Å². The molecule has 1 aromatic carbocycles. The normalized spacial score (nSPS) is 15.9. The van der Waals surface area contributed by atoms with Crippen LogP contribution in [0.2, 0.25) is 0 Å². The van der Waals surface area contributed by atoms with E-state index in [4.69, 9.17) is 9.72 Å². The molecular formula is C18H17FN2OS. The Balaban J connectivity index is 1.75. The molecule has 0 spiro atoms. The fraction of sp³-hybridized carbons (Fsp3) is 0.333. The SMILES string of the molecule is Fc1ccccc1Oc1nc(C2CCCCC2)nc2ccsc12. The second kappa shape index (κ2) is 6.24. The van der Waals surface area contributed by atoms with Gasteiger partial charge in [-0.05, 0) is 36.4 Å². The molecule has 0 bridgehead atoms. The Kier molecular flexibility index (Phi) is 3.95. The van der Waals surface area contributed by atoms with E-state index in [0.717, 1.165) is 28.9 Å². The standard InChI is InChI=1S/C18H17FN2OS/c19-13-8-4-5-9-15(13)22-18-16-14(10-11-23-16)20-17(21-18)12-6-2-1-3-7-12/h4-5,8-12H,1-3,6-7H2. The number of aromatic nitrogens is 2. The van der Waals surface area contributed by atoms with E-state index in [1.165, 1.54) is 36.7 Å². The molecule has 3 aromatic rings. The van der Waals surface area contributed by atoms with Crippen molar-refractivity contribution >= 4 is 21.6 Å². The first-order chi connectivity index (χ1) is 11.3. The molecule has 23 heavy (non-hydrogen) atoms. The second-order valence-electron chi connectivity index (χ2n) is 5.89. The molecule has 1 aliphatic rings. The number of nitrogens with zero attached hydrogens (tertiary/aromatic N) is 2.